The molecule has 0 unspecified atom stereocenters. The predicted octanol–water partition coefficient (Wildman–Crippen LogP) is 5.30. The standard InChI is InChI=1S/C29H31NO4/c1-3-21-9-11-22(12-10-21)18-29(2)19-25-17-24(13-14-26(25)34-29)28(33)30(16-15-27(31)32)20-23-7-5-4-6-8-23/h4-14,17H,3,15-16,18-20H2,1-2H3,(H,31,32)/t29-/m0/s1. The minimum absolute atomic E-state index is 0.0957. The van der Waals surface area contributed by atoms with E-state index < -0.39 is 5.97 Å². The highest BCUT2D eigenvalue weighted by Crippen LogP contribution is 2.37. The number of benzene rings is 3. The summed E-state index contributed by atoms with van der Waals surface area (Å²) in [6, 6.07) is 23.8. The number of aliphatic carboxylic acids is 1. The Hall–Kier alpha value is -3.60. The largest absolute Gasteiger partial charge is 0.487 e. The molecule has 1 amide bonds. The third kappa shape index (κ3) is 5.66. The number of rotatable bonds is 9. The van der Waals surface area contributed by atoms with Gasteiger partial charge in [0.1, 0.15) is 11.4 Å². The number of aryl methyl sites for hydroxylation is 1. The number of carbonyl (C=O) groups excluding carboxylic acids is 1. The lowest BCUT2D eigenvalue weighted by Crippen LogP contribution is -2.33. The Morgan fingerprint density at radius 2 is 1.68 bits per heavy atom. The van der Waals surface area contributed by atoms with Crippen LogP contribution in [0.3, 0.4) is 0 Å². The summed E-state index contributed by atoms with van der Waals surface area (Å²) in [6.07, 6.45) is 2.42. The van der Waals surface area contributed by atoms with Crippen LogP contribution in [0.25, 0.3) is 0 Å². The summed E-state index contributed by atoms with van der Waals surface area (Å²) in [6.45, 7) is 4.78. The van der Waals surface area contributed by atoms with E-state index in [1.54, 1.807) is 11.0 Å². The number of hydrogen-bond acceptors (Lipinski definition) is 3. The molecule has 1 aliphatic rings. The van der Waals surface area contributed by atoms with E-state index in [1.807, 2.05) is 42.5 Å². The molecule has 3 aromatic rings. The molecule has 0 saturated heterocycles. The lowest BCUT2D eigenvalue weighted by Gasteiger charge is -2.24. The molecule has 1 N–H and O–H groups in total. The van der Waals surface area contributed by atoms with Gasteiger partial charge in [-0.3, -0.25) is 9.59 Å². The zero-order valence-electron chi connectivity index (χ0n) is 19.8. The fourth-order valence-corrected chi connectivity index (χ4v) is 4.55. The summed E-state index contributed by atoms with van der Waals surface area (Å²) in [5, 5.41) is 9.16. The minimum atomic E-state index is -0.920. The monoisotopic (exact) mass is 457 g/mol. The van der Waals surface area contributed by atoms with Crippen molar-refractivity contribution in [1.29, 1.82) is 0 Å². The van der Waals surface area contributed by atoms with Gasteiger partial charge < -0.3 is 14.7 Å². The molecular formula is C29H31NO4. The Kier molecular flexibility index (Phi) is 7.01. The molecule has 4 rings (SSSR count). The lowest BCUT2D eigenvalue weighted by molar-refractivity contribution is -0.137. The Balaban J connectivity index is 1.50. The van der Waals surface area contributed by atoms with E-state index in [-0.39, 0.29) is 24.5 Å². The van der Waals surface area contributed by atoms with Gasteiger partial charge in [-0.05, 0) is 53.8 Å². The summed E-state index contributed by atoms with van der Waals surface area (Å²) < 4.78 is 6.32. The van der Waals surface area contributed by atoms with Gasteiger partial charge >= 0.3 is 5.97 Å². The number of hydrogen-bond donors (Lipinski definition) is 1. The van der Waals surface area contributed by atoms with Crippen molar-refractivity contribution in [3.05, 3.63) is 101 Å². The van der Waals surface area contributed by atoms with Gasteiger partial charge in [0.2, 0.25) is 0 Å². The van der Waals surface area contributed by atoms with Gasteiger partial charge in [0.25, 0.3) is 5.91 Å². The van der Waals surface area contributed by atoms with Crippen molar-refractivity contribution in [3.8, 4) is 5.75 Å². The molecule has 0 aliphatic carbocycles. The molecule has 5 heteroatoms. The number of carboxylic acid groups (broad SMARTS) is 1. The summed E-state index contributed by atoms with van der Waals surface area (Å²) in [7, 11) is 0. The highest BCUT2D eigenvalue weighted by atomic mass is 16.5. The second-order valence-corrected chi connectivity index (χ2v) is 9.25. The molecule has 0 spiro atoms. The maximum Gasteiger partial charge on any atom is 0.305 e. The summed E-state index contributed by atoms with van der Waals surface area (Å²) in [4.78, 5) is 26.1. The predicted molar refractivity (Wildman–Crippen MR) is 132 cm³/mol. The topological polar surface area (TPSA) is 66.8 Å². The quantitative estimate of drug-likeness (QED) is 0.473. The molecule has 0 radical (unpaired) electrons. The zero-order valence-corrected chi connectivity index (χ0v) is 19.8. The van der Waals surface area contributed by atoms with Crippen LogP contribution in [0.2, 0.25) is 0 Å². The Labute approximate surface area is 201 Å². The smallest absolute Gasteiger partial charge is 0.305 e. The van der Waals surface area contributed by atoms with Crippen LogP contribution in [0.1, 0.15) is 52.9 Å². The van der Waals surface area contributed by atoms with E-state index >= 15 is 0 Å². The van der Waals surface area contributed by atoms with Crippen molar-refractivity contribution in [3.63, 3.8) is 0 Å². The van der Waals surface area contributed by atoms with Gasteiger partial charge in [-0.15, -0.1) is 0 Å². The number of carboxylic acids is 1. The average Bonchev–Trinajstić information content (AvgIpc) is 3.17. The second-order valence-electron chi connectivity index (χ2n) is 9.25. The van der Waals surface area contributed by atoms with E-state index in [4.69, 9.17) is 9.84 Å². The van der Waals surface area contributed by atoms with E-state index in [9.17, 15) is 9.59 Å². The molecule has 34 heavy (non-hydrogen) atoms. The van der Waals surface area contributed by atoms with Crippen molar-refractivity contribution < 1.29 is 19.4 Å². The van der Waals surface area contributed by atoms with Crippen LogP contribution < -0.4 is 4.74 Å². The van der Waals surface area contributed by atoms with Gasteiger partial charge in [-0.25, -0.2) is 0 Å². The molecule has 0 bridgehead atoms. The van der Waals surface area contributed by atoms with Crippen LogP contribution in [0.15, 0.2) is 72.8 Å². The molecule has 0 saturated carbocycles. The van der Waals surface area contributed by atoms with E-state index in [0.717, 1.165) is 29.7 Å². The minimum Gasteiger partial charge on any atom is -0.487 e. The number of ether oxygens (including phenoxy) is 1. The molecule has 0 aromatic heterocycles. The van der Waals surface area contributed by atoms with E-state index in [0.29, 0.717) is 18.5 Å². The fourth-order valence-electron chi connectivity index (χ4n) is 4.55. The lowest BCUT2D eigenvalue weighted by atomic mass is 9.91. The second kappa shape index (κ2) is 10.1. The van der Waals surface area contributed by atoms with Crippen LogP contribution in [0.4, 0.5) is 0 Å². The van der Waals surface area contributed by atoms with Crippen molar-refractivity contribution in [2.75, 3.05) is 6.54 Å². The van der Waals surface area contributed by atoms with Crippen molar-refractivity contribution >= 4 is 11.9 Å². The average molecular weight is 458 g/mol. The van der Waals surface area contributed by atoms with Crippen molar-refractivity contribution in [1.82, 2.24) is 4.90 Å². The third-order valence-electron chi connectivity index (χ3n) is 6.34. The highest BCUT2D eigenvalue weighted by molar-refractivity contribution is 5.95. The first-order valence-corrected chi connectivity index (χ1v) is 11.8. The van der Waals surface area contributed by atoms with Crippen LogP contribution >= 0.6 is 0 Å². The molecule has 176 valence electrons. The molecule has 1 aliphatic heterocycles. The SMILES string of the molecule is CCc1ccc(C[C@@]2(C)Cc3cc(C(=O)N(CCC(=O)O)Cc4ccccc4)ccc3O2)cc1. The van der Waals surface area contributed by atoms with Crippen LogP contribution in [0, 0.1) is 0 Å². The summed E-state index contributed by atoms with van der Waals surface area (Å²) in [5.74, 6) is -0.281. The molecule has 1 heterocycles. The molecular weight excluding hydrogens is 426 g/mol. The van der Waals surface area contributed by atoms with Gasteiger partial charge in [-0.2, -0.15) is 0 Å². The molecule has 3 aromatic carbocycles. The maximum absolute atomic E-state index is 13.4. The van der Waals surface area contributed by atoms with Crippen molar-refractivity contribution in [2.24, 2.45) is 0 Å². The Morgan fingerprint density at radius 3 is 2.35 bits per heavy atom. The zero-order chi connectivity index (χ0) is 24.1. The molecule has 1 atom stereocenters. The Morgan fingerprint density at radius 1 is 0.971 bits per heavy atom. The number of carbonyl (C=O) groups is 2. The first kappa shape index (κ1) is 23.6. The number of fused-ring (bicyclic) bond motifs is 1. The normalized spacial score (nSPS) is 16.5. The number of amides is 1. The first-order valence-electron chi connectivity index (χ1n) is 11.8. The number of nitrogens with zero attached hydrogens (tertiary/aromatic N) is 1. The van der Waals surface area contributed by atoms with Gasteiger partial charge in [0, 0.05) is 31.5 Å². The van der Waals surface area contributed by atoms with E-state index in [2.05, 4.69) is 38.1 Å². The van der Waals surface area contributed by atoms with Crippen molar-refractivity contribution in [2.45, 2.75) is 51.7 Å². The summed E-state index contributed by atoms with van der Waals surface area (Å²) in [5.41, 5.74) is 4.70. The van der Waals surface area contributed by atoms with Gasteiger partial charge in [-0.1, -0.05) is 61.5 Å². The van der Waals surface area contributed by atoms with Gasteiger partial charge in [0.15, 0.2) is 0 Å². The highest BCUT2D eigenvalue weighted by Gasteiger charge is 2.35. The Bertz CT molecular complexity index is 1160. The van der Waals surface area contributed by atoms with Crippen LogP contribution in [-0.4, -0.2) is 34.0 Å². The van der Waals surface area contributed by atoms with Crippen LogP contribution in [-0.2, 0) is 30.6 Å². The first-order chi connectivity index (χ1) is 16.3. The molecule has 0 fully saturated rings. The third-order valence-corrected chi connectivity index (χ3v) is 6.34. The van der Waals surface area contributed by atoms with E-state index in [1.165, 1.54) is 11.1 Å². The summed E-state index contributed by atoms with van der Waals surface area (Å²) >= 11 is 0. The maximum atomic E-state index is 13.4. The fraction of sp³-hybridized carbons (Fsp3) is 0.310. The van der Waals surface area contributed by atoms with Crippen LogP contribution in [0.5, 0.6) is 5.75 Å². The molecule has 5 nitrogen and oxygen atoms in total. The van der Waals surface area contributed by atoms with Gasteiger partial charge in [0.05, 0.1) is 6.42 Å².